The Morgan fingerprint density at radius 1 is 1.24 bits per heavy atom. The quantitative estimate of drug-likeness (QED) is 0.908. The molecule has 6 heteroatoms. The molecule has 0 aliphatic carbocycles. The molecule has 2 aliphatic heterocycles. The van der Waals surface area contributed by atoms with E-state index in [1.54, 1.807) is 6.07 Å². The highest BCUT2D eigenvalue weighted by Gasteiger charge is 2.32. The third-order valence-electron chi connectivity index (χ3n) is 5.64. The van der Waals surface area contributed by atoms with Gasteiger partial charge in [0.1, 0.15) is 5.82 Å². The van der Waals surface area contributed by atoms with Gasteiger partial charge in [-0.3, -0.25) is 9.59 Å². The van der Waals surface area contributed by atoms with Crippen LogP contribution in [0.25, 0.3) is 0 Å². The molecule has 0 bridgehead atoms. The number of nitrogens with zero attached hydrogens (tertiary/aromatic N) is 3. The van der Waals surface area contributed by atoms with Crippen molar-refractivity contribution in [2.45, 2.75) is 58.4 Å². The Balaban J connectivity index is 1.58. The fourth-order valence-corrected chi connectivity index (χ4v) is 4.14. The van der Waals surface area contributed by atoms with Gasteiger partial charge in [0.05, 0.1) is 11.6 Å². The summed E-state index contributed by atoms with van der Waals surface area (Å²) in [5, 5.41) is 0. The number of carbonyl (C=O) groups is 1. The van der Waals surface area contributed by atoms with Crippen molar-refractivity contribution in [2.24, 2.45) is 5.92 Å². The van der Waals surface area contributed by atoms with E-state index in [-0.39, 0.29) is 17.4 Å². The molecule has 138 valence electrons. The number of hydrogen-bond donors (Lipinski definition) is 1. The molecule has 1 N–H and O–H groups in total. The number of piperidine rings is 2. The fourth-order valence-electron chi connectivity index (χ4n) is 4.14. The zero-order valence-corrected chi connectivity index (χ0v) is 15.6. The number of rotatable bonds is 3. The number of hydrogen-bond acceptors (Lipinski definition) is 4. The Bertz CT molecular complexity index is 662. The Hall–Kier alpha value is -1.69. The molecule has 0 unspecified atom stereocenters. The third-order valence-corrected chi connectivity index (χ3v) is 5.64. The number of carbonyl (C=O) groups excluding carboxylic acids is 1. The maximum Gasteiger partial charge on any atom is 0.251 e. The van der Waals surface area contributed by atoms with E-state index in [4.69, 9.17) is 0 Å². The second-order valence-electron chi connectivity index (χ2n) is 7.78. The topological polar surface area (TPSA) is 69.3 Å². The highest BCUT2D eigenvalue weighted by Crippen LogP contribution is 2.28. The molecule has 25 heavy (non-hydrogen) atoms. The summed E-state index contributed by atoms with van der Waals surface area (Å²) in [4.78, 5) is 36.2. The number of aryl methyl sites for hydroxylation is 1. The summed E-state index contributed by atoms with van der Waals surface area (Å²) in [6.45, 7) is 9.77. The molecular weight excluding hydrogens is 316 g/mol. The molecule has 2 fully saturated rings. The smallest absolute Gasteiger partial charge is 0.251 e. The van der Waals surface area contributed by atoms with Gasteiger partial charge in [0, 0.05) is 37.7 Å². The second-order valence-corrected chi connectivity index (χ2v) is 7.78. The van der Waals surface area contributed by atoms with E-state index in [1.807, 2.05) is 11.8 Å². The first-order valence-electron chi connectivity index (χ1n) is 9.54. The van der Waals surface area contributed by atoms with Gasteiger partial charge in [0.15, 0.2) is 0 Å². The Morgan fingerprint density at radius 3 is 2.60 bits per heavy atom. The predicted octanol–water partition coefficient (Wildman–Crippen LogP) is 1.90. The van der Waals surface area contributed by atoms with Gasteiger partial charge in [0.2, 0.25) is 5.91 Å². The molecule has 0 saturated carbocycles. The van der Waals surface area contributed by atoms with Gasteiger partial charge in [-0.15, -0.1) is 0 Å². The van der Waals surface area contributed by atoms with Crippen LogP contribution >= 0.6 is 0 Å². The lowest BCUT2D eigenvalue weighted by atomic mass is 9.90. The molecule has 3 rings (SSSR count). The monoisotopic (exact) mass is 346 g/mol. The van der Waals surface area contributed by atoms with Crippen LogP contribution < -0.4 is 5.56 Å². The van der Waals surface area contributed by atoms with Crippen molar-refractivity contribution in [3.8, 4) is 0 Å². The van der Waals surface area contributed by atoms with Gasteiger partial charge in [-0.05, 0) is 53.0 Å². The highest BCUT2D eigenvalue weighted by atomic mass is 16.2. The van der Waals surface area contributed by atoms with Gasteiger partial charge < -0.3 is 14.8 Å². The number of aromatic amines is 1. The molecule has 0 spiro atoms. The lowest BCUT2D eigenvalue weighted by Crippen LogP contribution is -2.48. The Kier molecular flexibility index (Phi) is 5.57. The average Bonchev–Trinajstić information content (AvgIpc) is 2.60. The summed E-state index contributed by atoms with van der Waals surface area (Å²) >= 11 is 0. The molecule has 1 aromatic heterocycles. The van der Waals surface area contributed by atoms with Crippen LogP contribution in [0, 0.1) is 12.8 Å². The summed E-state index contributed by atoms with van der Waals surface area (Å²) in [6.07, 6.45) is 3.91. The highest BCUT2D eigenvalue weighted by molar-refractivity contribution is 5.79. The first-order chi connectivity index (χ1) is 11.9. The summed E-state index contributed by atoms with van der Waals surface area (Å²) in [5.74, 6) is 1.41. The molecule has 3 heterocycles. The van der Waals surface area contributed by atoms with E-state index < -0.39 is 0 Å². The minimum absolute atomic E-state index is 0.0861. The molecular formula is C19H30N4O2. The molecule has 0 radical (unpaired) electrons. The van der Waals surface area contributed by atoms with Crippen LogP contribution in [0.4, 0.5) is 0 Å². The molecule has 0 aromatic carbocycles. The van der Waals surface area contributed by atoms with Crippen LogP contribution in [-0.4, -0.2) is 57.9 Å². The zero-order chi connectivity index (χ0) is 18.0. The second kappa shape index (κ2) is 7.68. The van der Waals surface area contributed by atoms with Crippen molar-refractivity contribution in [1.82, 2.24) is 19.8 Å². The zero-order valence-electron chi connectivity index (χ0n) is 15.6. The third kappa shape index (κ3) is 4.29. The lowest BCUT2D eigenvalue weighted by molar-refractivity contribution is -0.138. The minimum atomic E-state index is -0.0861. The maximum atomic E-state index is 12.9. The minimum Gasteiger partial charge on any atom is -0.342 e. The Labute approximate surface area is 149 Å². The van der Waals surface area contributed by atoms with Gasteiger partial charge in [-0.2, -0.15) is 0 Å². The van der Waals surface area contributed by atoms with Crippen LogP contribution in [-0.2, 0) is 4.79 Å². The van der Waals surface area contributed by atoms with Gasteiger partial charge in [0.25, 0.3) is 5.56 Å². The molecule has 6 nitrogen and oxygen atoms in total. The summed E-state index contributed by atoms with van der Waals surface area (Å²) in [6, 6.07) is 2.11. The number of amides is 1. The van der Waals surface area contributed by atoms with Crippen LogP contribution in [0.1, 0.15) is 57.0 Å². The van der Waals surface area contributed by atoms with Crippen LogP contribution in [0.3, 0.4) is 0 Å². The van der Waals surface area contributed by atoms with Gasteiger partial charge in [-0.1, -0.05) is 0 Å². The number of likely N-dealkylation sites (tertiary alicyclic amines) is 2. The van der Waals surface area contributed by atoms with Crippen LogP contribution in [0.2, 0.25) is 0 Å². The summed E-state index contributed by atoms with van der Waals surface area (Å²) < 4.78 is 0. The largest absolute Gasteiger partial charge is 0.342 e. The van der Waals surface area contributed by atoms with E-state index in [0.717, 1.165) is 57.6 Å². The van der Waals surface area contributed by atoms with E-state index in [0.29, 0.717) is 17.8 Å². The summed E-state index contributed by atoms with van der Waals surface area (Å²) in [5.41, 5.74) is 0.786. The van der Waals surface area contributed by atoms with Crippen molar-refractivity contribution >= 4 is 5.91 Å². The van der Waals surface area contributed by atoms with E-state index in [9.17, 15) is 9.59 Å². The predicted molar refractivity (Wildman–Crippen MR) is 97.6 cm³/mol. The lowest BCUT2D eigenvalue weighted by Gasteiger charge is -2.39. The SMILES string of the molecule is Cc1nc(C2CCN(C(=O)[C@@H]3CCCN(C(C)C)C3)CC2)cc(=O)[nH]1. The number of aromatic nitrogens is 2. The average molecular weight is 346 g/mol. The van der Waals surface area contributed by atoms with Crippen LogP contribution in [0.5, 0.6) is 0 Å². The normalized spacial score (nSPS) is 23.2. The molecule has 2 saturated heterocycles. The summed E-state index contributed by atoms with van der Waals surface area (Å²) in [7, 11) is 0. The Morgan fingerprint density at radius 2 is 1.96 bits per heavy atom. The molecule has 2 aliphatic rings. The van der Waals surface area contributed by atoms with Crippen molar-refractivity contribution in [3.05, 3.63) is 27.9 Å². The van der Waals surface area contributed by atoms with E-state index in [1.165, 1.54) is 0 Å². The fraction of sp³-hybridized carbons (Fsp3) is 0.737. The van der Waals surface area contributed by atoms with E-state index >= 15 is 0 Å². The number of H-pyrrole nitrogens is 1. The molecule has 1 aromatic rings. The molecule has 1 atom stereocenters. The number of nitrogens with one attached hydrogen (secondary N) is 1. The first kappa shape index (κ1) is 18.1. The first-order valence-corrected chi connectivity index (χ1v) is 9.54. The van der Waals surface area contributed by atoms with Crippen molar-refractivity contribution in [1.29, 1.82) is 0 Å². The van der Waals surface area contributed by atoms with Crippen molar-refractivity contribution in [2.75, 3.05) is 26.2 Å². The van der Waals surface area contributed by atoms with Crippen LogP contribution in [0.15, 0.2) is 10.9 Å². The molecule has 1 amide bonds. The maximum absolute atomic E-state index is 12.9. The van der Waals surface area contributed by atoms with Crippen molar-refractivity contribution in [3.63, 3.8) is 0 Å². The van der Waals surface area contributed by atoms with Crippen molar-refractivity contribution < 1.29 is 4.79 Å². The van der Waals surface area contributed by atoms with Gasteiger partial charge in [-0.25, -0.2) is 4.98 Å². The van der Waals surface area contributed by atoms with E-state index in [2.05, 4.69) is 28.7 Å². The standard InChI is InChI=1S/C19H30N4O2/c1-13(2)23-8-4-5-16(12-23)19(25)22-9-6-15(7-10-22)17-11-18(24)21-14(3)20-17/h11,13,15-16H,4-10,12H2,1-3H3,(H,20,21,24)/t16-/m1/s1. The van der Waals surface area contributed by atoms with Gasteiger partial charge >= 0.3 is 0 Å².